The van der Waals surface area contributed by atoms with E-state index in [9.17, 15) is 13.2 Å². The van der Waals surface area contributed by atoms with Crippen LogP contribution in [0.25, 0.3) is 0 Å². The van der Waals surface area contributed by atoms with Crippen LogP contribution in [0.3, 0.4) is 0 Å². The number of rotatable bonds is 9. The Balaban J connectivity index is 1.63. The number of carbonyl (C=O) groups excluding carboxylic acids is 1. The Bertz CT molecular complexity index is 1210. The third-order valence-corrected chi connectivity index (χ3v) is 9.69. The molecule has 0 saturated heterocycles. The molecule has 0 unspecified atom stereocenters. The standard InChI is InChI=1S/C28H34N2O3S2/c1-22-13-15-26(16-14-22)35(32,33)30(25-11-7-4-8-12-25)21-28(31)29(19-24-9-5-3-6-10-24)20-27-23(2)17-18-34-27/h3,5-6,9-10,13-18,25H,4,7-8,11-12,19-21H2,1-2H3. The number of benzene rings is 2. The number of hydrogen-bond acceptors (Lipinski definition) is 4. The zero-order valence-corrected chi connectivity index (χ0v) is 22.2. The monoisotopic (exact) mass is 510 g/mol. The number of carbonyl (C=O) groups is 1. The summed E-state index contributed by atoms with van der Waals surface area (Å²) < 4.78 is 29.1. The quantitative estimate of drug-likeness (QED) is 0.359. The predicted molar refractivity (Wildman–Crippen MR) is 142 cm³/mol. The van der Waals surface area contributed by atoms with Crippen LogP contribution in [-0.2, 0) is 27.9 Å². The van der Waals surface area contributed by atoms with E-state index >= 15 is 0 Å². The van der Waals surface area contributed by atoms with Crippen LogP contribution in [-0.4, -0.2) is 36.1 Å². The van der Waals surface area contributed by atoms with E-state index in [1.165, 1.54) is 4.31 Å². The second-order valence-electron chi connectivity index (χ2n) is 9.42. The number of hydrogen-bond donors (Lipinski definition) is 0. The van der Waals surface area contributed by atoms with Gasteiger partial charge in [-0.05, 0) is 61.4 Å². The van der Waals surface area contributed by atoms with Crippen molar-refractivity contribution in [1.29, 1.82) is 0 Å². The molecule has 0 N–H and O–H groups in total. The van der Waals surface area contributed by atoms with Crippen molar-refractivity contribution in [2.45, 2.75) is 70.0 Å². The predicted octanol–water partition coefficient (Wildman–Crippen LogP) is 5.92. The van der Waals surface area contributed by atoms with Crippen molar-refractivity contribution in [3.63, 3.8) is 0 Å². The van der Waals surface area contributed by atoms with Gasteiger partial charge in [0.05, 0.1) is 18.0 Å². The fraction of sp³-hybridized carbons (Fsp3) is 0.393. The highest BCUT2D eigenvalue weighted by Crippen LogP contribution is 2.29. The maximum Gasteiger partial charge on any atom is 0.243 e. The van der Waals surface area contributed by atoms with Crippen LogP contribution < -0.4 is 0 Å². The molecule has 1 aliphatic rings. The Labute approximate surface area is 213 Å². The van der Waals surface area contributed by atoms with E-state index in [0.717, 1.165) is 53.7 Å². The van der Waals surface area contributed by atoms with E-state index in [0.29, 0.717) is 13.1 Å². The lowest BCUT2D eigenvalue weighted by atomic mass is 9.95. The summed E-state index contributed by atoms with van der Waals surface area (Å²) in [5, 5.41) is 2.03. The minimum absolute atomic E-state index is 0.141. The lowest BCUT2D eigenvalue weighted by molar-refractivity contribution is -0.133. The number of amides is 1. The Morgan fingerprint density at radius 2 is 1.60 bits per heavy atom. The number of thiophene rings is 1. The first kappa shape index (κ1) is 25.6. The normalized spacial score (nSPS) is 14.8. The van der Waals surface area contributed by atoms with Crippen LogP contribution in [0.2, 0.25) is 0 Å². The molecule has 1 fully saturated rings. The highest BCUT2D eigenvalue weighted by atomic mass is 32.2. The molecule has 4 rings (SSSR count). The lowest BCUT2D eigenvalue weighted by Gasteiger charge is -2.34. The van der Waals surface area contributed by atoms with E-state index in [1.807, 2.05) is 61.7 Å². The van der Waals surface area contributed by atoms with E-state index in [4.69, 9.17) is 0 Å². The number of nitrogens with zero attached hydrogens (tertiary/aromatic N) is 2. The van der Waals surface area contributed by atoms with E-state index in [2.05, 4.69) is 6.07 Å². The van der Waals surface area contributed by atoms with Gasteiger partial charge >= 0.3 is 0 Å². The van der Waals surface area contributed by atoms with Crippen LogP contribution in [0.5, 0.6) is 0 Å². The third kappa shape index (κ3) is 6.40. The second-order valence-corrected chi connectivity index (χ2v) is 12.3. The lowest BCUT2D eigenvalue weighted by Crippen LogP contribution is -2.47. The molecule has 1 saturated carbocycles. The fourth-order valence-corrected chi connectivity index (χ4v) is 7.19. The summed E-state index contributed by atoms with van der Waals surface area (Å²) in [6.07, 6.45) is 4.67. The molecular weight excluding hydrogens is 476 g/mol. The van der Waals surface area contributed by atoms with Gasteiger partial charge in [0.1, 0.15) is 0 Å². The van der Waals surface area contributed by atoms with Crippen molar-refractivity contribution in [3.8, 4) is 0 Å². The van der Waals surface area contributed by atoms with Gasteiger partial charge in [-0.2, -0.15) is 4.31 Å². The van der Waals surface area contributed by atoms with Crippen molar-refractivity contribution < 1.29 is 13.2 Å². The van der Waals surface area contributed by atoms with Gasteiger partial charge < -0.3 is 4.90 Å². The number of aryl methyl sites for hydroxylation is 2. The van der Waals surface area contributed by atoms with Gasteiger partial charge in [0.15, 0.2) is 0 Å². The molecular formula is C28H34N2O3S2. The maximum absolute atomic E-state index is 13.8. The summed E-state index contributed by atoms with van der Waals surface area (Å²) >= 11 is 1.63. The average molecular weight is 511 g/mol. The minimum atomic E-state index is -3.80. The molecule has 0 aliphatic heterocycles. The van der Waals surface area contributed by atoms with Gasteiger partial charge in [0.25, 0.3) is 0 Å². The maximum atomic E-state index is 13.8. The Kier molecular flexibility index (Phi) is 8.42. The third-order valence-electron chi connectivity index (χ3n) is 6.77. The van der Waals surface area contributed by atoms with Crippen LogP contribution in [0.1, 0.15) is 53.7 Å². The highest BCUT2D eigenvalue weighted by molar-refractivity contribution is 7.89. The zero-order chi connectivity index (χ0) is 24.8. The first-order chi connectivity index (χ1) is 16.8. The van der Waals surface area contributed by atoms with Gasteiger partial charge in [0, 0.05) is 17.5 Å². The zero-order valence-electron chi connectivity index (χ0n) is 20.5. The molecule has 7 heteroatoms. The molecule has 0 atom stereocenters. The minimum Gasteiger partial charge on any atom is -0.332 e. The molecule has 0 spiro atoms. The molecule has 0 bridgehead atoms. The van der Waals surface area contributed by atoms with Crippen molar-refractivity contribution in [3.05, 3.63) is 87.6 Å². The van der Waals surface area contributed by atoms with Crippen molar-refractivity contribution in [2.24, 2.45) is 0 Å². The largest absolute Gasteiger partial charge is 0.332 e. The second kappa shape index (κ2) is 11.5. The summed E-state index contributed by atoms with van der Waals surface area (Å²) in [5.74, 6) is -0.164. The van der Waals surface area contributed by atoms with Crippen molar-refractivity contribution in [2.75, 3.05) is 6.54 Å². The summed E-state index contributed by atoms with van der Waals surface area (Å²) in [5.41, 5.74) is 3.18. The molecule has 2 aromatic carbocycles. The Morgan fingerprint density at radius 3 is 2.23 bits per heavy atom. The molecule has 1 aliphatic carbocycles. The summed E-state index contributed by atoms with van der Waals surface area (Å²) in [6.45, 7) is 4.76. The summed E-state index contributed by atoms with van der Waals surface area (Å²) in [6, 6.07) is 18.7. The van der Waals surface area contributed by atoms with E-state index < -0.39 is 10.0 Å². The van der Waals surface area contributed by atoms with E-state index in [-0.39, 0.29) is 23.4 Å². The van der Waals surface area contributed by atoms with Gasteiger partial charge in [-0.3, -0.25) is 4.79 Å². The average Bonchev–Trinajstić information content (AvgIpc) is 3.27. The van der Waals surface area contributed by atoms with Crippen LogP contribution in [0, 0.1) is 13.8 Å². The van der Waals surface area contributed by atoms with Crippen LogP contribution in [0.15, 0.2) is 70.9 Å². The molecule has 1 heterocycles. The molecule has 1 amide bonds. The first-order valence-corrected chi connectivity index (χ1v) is 14.6. The molecule has 5 nitrogen and oxygen atoms in total. The fourth-order valence-electron chi connectivity index (χ4n) is 4.63. The Hall–Kier alpha value is -2.48. The smallest absolute Gasteiger partial charge is 0.243 e. The van der Waals surface area contributed by atoms with E-state index in [1.54, 1.807) is 28.4 Å². The SMILES string of the molecule is Cc1ccc(S(=O)(=O)N(CC(=O)N(Cc2ccccc2)Cc2sccc2C)C2CCCCC2)cc1. The Morgan fingerprint density at radius 1 is 0.914 bits per heavy atom. The summed E-state index contributed by atoms with van der Waals surface area (Å²) in [7, 11) is -3.80. The van der Waals surface area contributed by atoms with Gasteiger partial charge in [0.2, 0.25) is 15.9 Å². The number of sulfonamides is 1. The van der Waals surface area contributed by atoms with Gasteiger partial charge in [-0.15, -0.1) is 11.3 Å². The molecule has 0 radical (unpaired) electrons. The summed E-state index contributed by atoms with van der Waals surface area (Å²) in [4.78, 5) is 17.0. The topological polar surface area (TPSA) is 57.7 Å². The van der Waals surface area contributed by atoms with Gasteiger partial charge in [-0.25, -0.2) is 8.42 Å². The van der Waals surface area contributed by atoms with Crippen LogP contribution in [0.4, 0.5) is 0 Å². The molecule has 186 valence electrons. The van der Waals surface area contributed by atoms with Gasteiger partial charge in [-0.1, -0.05) is 67.3 Å². The first-order valence-electron chi connectivity index (χ1n) is 12.3. The van der Waals surface area contributed by atoms with Crippen molar-refractivity contribution in [1.82, 2.24) is 9.21 Å². The molecule has 35 heavy (non-hydrogen) atoms. The van der Waals surface area contributed by atoms with Crippen molar-refractivity contribution >= 4 is 27.3 Å². The molecule has 3 aromatic rings. The highest BCUT2D eigenvalue weighted by Gasteiger charge is 2.35. The van der Waals surface area contributed by atoms with Crippen LogP contribution >= 0.6 is 11.3 Å². The molecule has 1 aromatic heterocycles.